The molecule has 0 unspecified atom stereocenters. The molecule has 74 valence electrons. The van der Waals surface area contributed by atoms with Crippen LogP contribution in [0.4, 0.5) is 0 Å². The Balaban J connectivity index is 2.25. The van der Waals surface area contributed by atoms with Gasteiger partial charge >= 0.3 is 5.97 Å². The maximum atomic E-state index is 10.7. The average molecular weight is 258 g/mol. The van der Waals surface area contributed by atoms with Crippen LogP contribution in [-0.4, -0.2) is 22.2 Å². The molecule has 0 amide bonds. The van der Waals surface area contributed by atoms with E-state index >= 15 is 0 Å². The van der Waals surface area contributed by atoms with Crippen LogP contribution >= 0.6 is 15.9 Å². The van der Waals surface area contributed by atoms with Crippen LogP contribution in [0.5, 0.6) is 5.75 Å². The molecule has 0 aliphatic heterocycles. The number of halogens is 1. The highest BCUT2D eigenvalue weighted by Crippen LogP contribution is 2.28. The van der Waals surface area contributed by atoms with Gasteiger partial charge in [-0.25, -0.2) is 9.78 Å². The summed E-state index contributed by atoms with van der Waals surface area (Å²) in [5, 5.41) is 8.74. The number of ether oxygens (including phenoxy) is 1. The molecule has 1 fully saturated rings. The molecule has 1 aliphatic carbocycles. The fourth-order valence-electron chi connectivity index (χ4n) is 1.03. The van der Waals surface area contributed by atoms with Gasteiger partial charge < -0.3 is 9.84 Å². The normalized spacial score (nSPS) is 15.2. The first-order valence-electron chi connectivity index (χ1n) is 4.22. The Morgan fingerprint density at radius 2 is 2.29 bits per heavy atom. The second-order valence-corrected chi connectivity index (χ2v) is 3.95. The summed E-state index contributed by atoms with van der Waals surface area (Å²) in [6, 6.07) is 3.11. The third kappa shape index (κ3) is 2.23. The second-order valence-electron chi connectivity index (χ2n) is 3.13. The van der Waals surface area contributed by atoms with Crippen LogP contribution in [0.2, 0.25) is 0 Å². The van der Waals surface area contributed by atoms with Crippen molar-refractivity contribution in [1.29, 1.82) is 0 Å². The molecular weight excluding hydrogens is 250 g/mol. The smallest absolute Gasteiger partial charge is 0.354 e. The summed E-state index contributed by atoms with van der Waals surface area (Å²) in [6.07, 6.45) is 2.34. The quantitative estimate of drug-likeness (QED) is 0.843. The van der Waals surface area contributed by atoms with Crippen LogP contribution in [0.3, 0.4) is 0 Å². The summed E-state index contributed by atoms with van der Waals surface area (Å²) in [6.45, 7) is 0. The topological polar surface area (TPSA) is 59.4 Å². The van der Waals surface area contributed by atoms with Crippen molar-refractivity contribution in [2.24, 2.45) is 0 Å². The van der Waals surface area contributed by atoms with Crippen LogP contribution < -0.4 is 4.74 Å². The van der Waals surface area contributed by atoms with Crippen molar-refractivity contribution < 1.29 is 14.6 Å². The molecule has 0 spiro atoms. The van der Waals surface area contributed by atoms with Gasteiger partial charge in [-0.05, 0) is 28.8 Å². The number of rotatable bonds is 3. The standard InChI is InChI=1S/C9H8BrNO3/c10-8-4-6(14-5-1-2-5)3-7(11-8)9(12)13/h3-5H,1-2H2,(H,12,13). The van der Waals surface area contributed by atoms with E-state index in [4.69, 9.17) is 9.84 Å². The van der Waals surface area contributed by atoms with Crippen molar-refractivity contribution in [2.75, 3.05) is 0 Å². The maximum absolute atomic E-state index is 10.7. The zero-order valence-corrected chi connectivity index (χ0v) is 8.82. The van der Waals surface area contributed by atoms with Gasteiger partial charge in [0, 0.05) is 12.1 Å². The van der Waals surface area contributed by atoms with E-state index in [1.807, 2.05) is 0 Å². The van der Waals surface area contributed by atoms with Gasteiger partial charge in [0.1, 0.15) is 10.4 Å². The lowest BCUT2D eigenvalue weighted by molar-refractivity contribution is 0.0689. The molecule has 1 aliphatic rings. The lowest BCUT2D eigenvalue weighted by Crippen LogP contribution is -2.03. The van der Waals surface area contributed by atoms with Crippen molar-refractivity contribution in [3.05, 3.63) is 22.4 Å². The predicted octanol–water partition coefficient (Wildman–Crippen LogP) is 2.08. The van der Waals surface area contributed by atoms with Crippen LogP contribution in [0, 0.1) is 0 Å². The van der Waals surface area contributed by atoms with Crippen molar-refractivity contribution in [3.63, 3.8) is 0 Å². The van der Waals surface area contributed by atoms with E-state index in [-0.39, 0.29) is 11.8 Å². The molecule has 0 bridgehead atoms. The van der Waals surface area contributed by atoms with Crippen LogP contribution in [-0.2, 0) is 0 Å². The van der Waals surface area contributed by atoms with E-state index in [1.165, 1.54) is 6.07 Å². The van der Waals surface area contributed by atoms with E-state index in [0.29, 0.717) is 10.4 Å². The number of nitrogens with zero attached hydrogens (tertiary/aromatic N) is 1. The molecular formula is C9H8BrNO3. The van der Waals surface area contributed by atoms with Gasteiger partial charge in [0.15, 0.2) is 5.69 Å². The van der Waals surface area contributed by atoms with Gasteiger partial charge in [-0.3, -0.25) is 0 Å². The van der Waals surface area contributed by atoms with Crippen molar-refractivity contribution in [1.82, 2.24) is 4.98 Å². The van der Waals surface area contributed by atoms with Crippen molar-refractivity contribution >= 4 is 21.9 Å². The Labute approximate surface area is 89.0 Å². The number of aromatic carboxylic acids is 1. The van der Waals surface area contributed by atoms with Crippen molar-refractivity contribution in [3.8, 4) is 5.75 Å². The third-order valence-corrected chi connectivity index (χ3v) is 2.22. The number of carboxylic acids is 1. The van der Waals surface area contributed by atoms with Gasteiger partial charge in [-0.2, -0.15) is 0 Å². The van der Waals surface area contributed by atoms with E-state index in [9.17, 15) is 4.79 Å². The summed E-state index contributed by atoms with van der Waals surface area (Å²) in [7, 11) is 0. The predicted molar refractivity (Wildman–Crippen MR) is 52.5 cm³/mol. The third-order valence-electron chi connectivity index (χ3n) is 1.81. The van der Waals surface area contributed by atoms with Gasteiger partial charge in [0.2, 0.25) is 0 Å². The molecule has 14 heavy (non-hydrogen) atoms. The van der Waals surface area contributed by atoms with E-state index in [1.54, 1.807) is 6.07 Å². The Morgan fingerprint density at radius 1 is 1.57 bits per heavy atom. The van der Waals surface area contributed by atoms with E-state index in [2.05, 4.69) is 20.9 Å². The number of pyridine rings is 1. The highest BCUT2D eigenvalue weighted by Gasteiger charge is 2.24. The van der Waals surface area contributed by atoms with Gasteiger partial charge in [0.05, 0.1) is 6.10 Å². The van der Waals surface area contributed by atoms with E-state index < -0.39 is 5.97 Å². The zero-order chi connectivity index (χ0) is 10.1. The van der Waals surface area contributed by atoms with Gasteiger partial charge in [-0.15, -0.1) is 0 Å². The molecule has 0 saturated heterocycles. The minimum Gasteiger partial charge on any atom is -0.490 e. The fraction of sp³-hybridized carbons (Fsp3) is 0.333. The molecule has 0 aromatic carbocycles. The minimum absolute atomic E-state index is 0.00461. The van der Waals surface area contributed by atoms with Crippen LogP contribution in [0.25, 0.3) is 0 Å². The first-order valence-corrected chi connectivity index (χ1v) is 5.02. The molecule has 1 heterocycles. The molecule has 1 aromatic heterocycles. The number of hydrogen-bond acceptors (Lipinski definition) is 3. The maximum Gasteiger partial charge on any atom is 0.354 e. The summed E-state index contributed by atoms with van der Waals surface area (Å²) in [5.74, 6) is -0.487. The SMILES string of the molecule is O=C(O)c1cc(OC2CC2)cc(Br)n1. The van der Waals surface area contributed by atoms with Gasteiger partial charge in [0.25, 0.3) is 0 Å². The number of carboxylic acid groups (broad SMARTS) is 1. The summed E-state index contributed by atoms with van der Waals surface area (Å²) in [5.41, 5.74) is -0.00461. The van der Waals surface area contributed by atoms with E-state index in [0.717, 1.165) is 12.8 Å². The Bertz CT molecular complexity index is 376. The molecule has 2 rings (SSSR count). The molecule has 0 radical (unpaired) electrons. The minimum atomic E-state index is -1.05. The lowest BCUT2D eigenvalue weighted by Gasteiger charge is -2.05. The van der Waals surface area contributed by atoms with Crippen molar-refractivity contribution in [2.45, 2.75) is 18.9 Å². The van der Waals surface area contributed by atoms with Crippen LogP contribution in [0.15, 0.2) is 16.7 Å². The largest absolute Gasteiger partial charge is 0.490 e. The first kappa shape index (κ1) is 9.45. The molecule has 1 N–H and O–H groups in total. The Kier molecular flexibility index (Phi) is 2.41. The Hall–Kier alpha value is -1.10. The highest BCUT2D eigenvalue weighted by molar-refractivity contribution is 9.10. The second kappa shape index (κ2) is 3.57. The lowest BCUT2D eigenvalue weighted by atomic mass is 10.3. The summed E-state index contributed by atoms with van der Waals surface area (Å²) < 4.78 is 5.94. The van der Waals surface area contributed by atoms with Gasteiger partial charge in [-0.1, -0.05) is 0 Å². The molecule has 5 heteroatoms. The summed E-state index contributed by atoms with van der Waals surface area (Å²) in [4.78, 5) is 14.5. The molecule has 0 atom stereocenters. The van der Waals surface area contributed by atoms with Crippen LogP contribution in [0.1, 0.15) is 23.3 Å². The molecule has 4 nitrogen and oxygen atoms in total. The number of aromatic nitrogens is 1. The summed E-state index contributed by atoms with van der Waals surface area (Å²) >= 11 is 3.14. The molecule has 1 aromatic rings. The number of hydrogen-bond donors (Lipinski definition) is 1. The number of carbonyl (C=O) groups is 1. The first-order chi connectivity index (χ1) is 6.65. The molecule has 1 saturated carbocycles. The average Bonchev–Trinajstić information content (AvgIpc) is 2.87. The fourth-order valence-corrected chi connectivity index (χ4v) is 1.45. The highest BCUT2D eigenvalue weighted by atomic mass is 79.9. The Morgan fingerprint density at radius 3 is 2.86 bits per heavy atom. The monoisotopic (exact) mass is 257 g/mol. The zero-order valence-electron chi connectivity index (χ0n) is 7.24.